The van der Waals surface area contributed by atoms with Crippen LogP contribution < -0.4 is 5.32 Å². The molecule has 0 heterocycles. The molecule has 0 aromatic heterocycles. The van der Waals surface area contributed by atoms with Crippen molar-refractivity contribution in [3.05, 3.63) is 34.9 Å². The molecule has 0 aliphatic rings. The van der Waals surface area contributed by atoms with Gasteiger partial charge in [-0.05, 0) is 36.5 Å². The summed E-state index contributed by atoms with van der Waals surface area (Å²) in [5.41, 5.74) is 3.26. The van der Waals surface area contributed by atoms with E-state index in [9.17, 15) is 9.59 Å². The van der Waals surface area contributed by atoms with E-state index < -0.39 is 5.97 Å². The second kappa shape index (κ2) is 6.92. The summed E-state index contributed by atoms with van der Waals surface area (Å²) >= 11 is 0. The number of rotatable bonds is 6. The normalized spacial score (nSPS) is 11.9. The van der Waals surface area contributed by atoms with Crippen LogP contribution in [0.1, 0.15) is 30.0 Å². The average Bonchev–Trinajstić information content (AvgIpc) is 2.30. The van der Waals surface area contributed by atoms with Crippen LogP contribution in [0.5, 0.6) is 0 Å². The first-order valence-electron chi connectivity index (χ1n) is 6.43. The van der Waals surface area contributed by atoms with Gasteiger partial charge in [0.05, 0.1) is 6.42 Å². The zero-order chi connectivity index (χ0) is 14.4. The molecule has 1 rings (SSSR count). The van der Waals surface area contributed by atoms with Crippen molar-refractivity contribution in [3.8, 4) is 0 Å². The molecule has 0 saturated heterocycles. The zero-order valence-corrected chi connectivity index (χ0v) is 11.7. The molecule has 0 bridgehead atoms. The number of hydrogen-bond donors (Lipinski definition) is 2. The fraction of sp³-hybridized carbons (Fsp3) is 0.467. The second-order valence-electron chi connectivity index (χ2n) is 5.05. The molecule has 19 heavy (non-hydrogen) atoms. The van der Waals surface area contributed by atoms with Gasteiger partial charge in [-0.1, -0.05) is 25.1 Å². The summed E-state index contributed by atoms with van der Waals surface area (Å²) in [6, 6.07) is 5.95. The van der Waals surface area contributed by atoms with E-state index in [-0.39, 0.29) is 18.2 Å². The monoisotopic (exact) mass is 263 g/mol. The van der Waals surface area contributed by atoms with Gasteiger partial charge in [0.25, 0.3) is 0 Å². The minimum absolute atomic E-state index is 0.0561. The Labute approximate surface area is 113 Å². The van der Waals surface area contributed by atoms with E-state index >= 15 is 0 Å². The second-order valence-corrected chi connectivity index (χ2v) is 5.05. The maximum absolute atomic E-state index is 11.8. The molecule has 2 N–H and O–H groups in total. The number of aryl methyl sites for hydroxylation is 2. The van der Waals surface area contributed by atoms with Crippen molar-refractivity contribution in [1.82, 2.24) is 5.32 Å². The number of carbonyl (C=O) groups excluding carboxylic acids is 1. The summed E-state index contributed by atoms with van der Waals surface area (Å²) in [7, 11) is 0. The number of carboxylic acids is 1. The van der Waals surface area contributed by atoms with E-state index in [1.54, 1.807) is 0 Å². The van der Waals surface area contributed by atoms with Crippen molar-refractivity contribution in [2.75, 3.05) is 6.54 Å². The first-order chi connectivity index (χ1) is 8.90. The van der Waals surface area contributed by atoms with Gasteiger partial charge >= 0.3 is 5.97 Å². The number of hydrogen-bond acceptors (Lipinski definition) is 2. The average molecular weight is 263 g/mol. The smallest absolute Gasteiger partial charge is 0.303 e. The number of nitrogens with one attached hydrogen (secondary N) is 1. The molecule has 1 aromatic carbocycles. The van der Waals surface area contributed by atoms with Crippen molar-refractivity contribution in [2.45, 2.75) is 33.6 Å². The van der Waals surface area contributed by atoms with Crippen LogP contribution in [0.3, 0.4) is 0 Å². The quantitative estimate of drug-likeness (QED) is 0.825. The Morgan fingerprint density at radius 1 is 1.26 bits per heavy atom. The molecule has 1 amide bonds. The molecule has 0 fully saturated rings. The molecular weight excluding hydrogens is 242 g/mol. The van der Waals surface area contributed by atoms with Crippen molar-refractivity contribution in [3.63, 3.8) is 0 Å². The largest absolute Gasteiger partial charge is 0.481 e. The van der Waals surface area contributed by atoms with Gasteiger partial charge in [-0.2, -0.15) is 0 Å². The Balaban J connectivity index is 2.50. The molecule has 0 saturated carbocycles. The third-order valence-corrected chi connectivity index (χ3v) is 3.15. The van der Waals surface area contributed by atoms with Crippen molar-refractivity contribution < 1.29 is 14.7 Å². The molecule has 1 aromatic rings. The lowest BCUT2D eigenvalue weighted by Crippen LogP contribution is -2.30. The van der Waals surface area contributed by atoms with Gasteiger partial charge in [-0.25, -0.2) is 0 Å². The maximum Gasteiger partial charge on any atom is 0.303 e. The molecule has 0 aliphatic heterocycles. The van der Waals surface area contributed by atoms with Crippen LogP contribution in [-0.2, 0) is 16.0 Å². The van der Waals surface area contributed by atoms with Gasteiger partial charge in [-0.3, -0.25) is 9.59 Å². The molecule has 1 atom stereocenters. The topological polar surface area (TPSA) is 66.4 Å². The Hall–Kier alpha value is -1.84. The summed E-state index contributed by atoms with van der Waals surface area (Å²) in [6.45, 7) is 6.19. The van der Waals surface area contributed by atoms with Crippen LogP contribution in [0.15, 0.2) is 18.2 Å². The van der Waals surface area contributed by atoms with Crippen LogP contribution in [0.4, 0.5) is 0 Å². The van der Waals surface area contributed by atoms with Gasteiger partial charge in [0.1, 0.15) is 0 Å². The summed E-state index contributed by atoms with van der Waals surface area (Å²) in [5, 5.41) is 11.4. The summed E-state index contributed by atoms with van der Waals surface area (Å²) in [4.78, 5) is 22.4. The van der Waals surface area contributed by atoms with E-state index in [0.29, 0.717) is 13.0 Å². The van der Waals surface area contributed by atoms with Gasteiger partial charge in [0, 0.05) is 13.0 Å². The Morgan fingerprint density at radius 3 is 2.37 bits per heavy atom. The van der Waals surface area contributed by atoms with E-state index in [1.165, 1.54) is 0 Å². The third-order valence-electron chi connectivity index (χ3n) is 3.15. The lowest BCUT2D eigenvalue weighted by atomic mass is 9.99. The fourth-order valence-electron chi connectivity index (χ4n) is 2.01. The maximum atomic E-state index is 11.8. The zero-order valence-electron chi connectivity index (χ0n) is 11.7. The minimum Gasteiger partial charge on any atom is -0.481 e. The molecule has 1 unspecified atom stereocenters. The van der Waals surface area contributed by atoms with E-state index in [1.807, 2.05) is 39.0 Å². The van der Waals surface area contributed by atoms with Gasteiger partial charge < -0.3 is 10.4 Å². The molecule has 0 spiro atoms. The highest BCUT2D eigenvalue weighted by Crippen LogP contribution is 2.13. The predicted molar refractivity (Wildman–Crippen MR) is 74.0 cm³/mol. The number of benzene rings is 1. The number of carboxylic acid groups (broad SMARTS) is 1. The highest BCUT2D eigenvalue weighted by Gasteiger charge is 2.11. The van der Waals surface area contributed by atoms with Crippen molar-refractivity contribution in [2.24, 2.45) is 5.92 Å². The number of amides is 1. The van der Waals surface area contributed by atoms with E-state index in [2.05, 4.69) is 5.32 Å². The minimum atomic E-state index is -0.837. The van der Waals surface area contributed by atoms with E-state index in [0.717, 1.165) is 16.7 Å². The van der Waals surface area contributed by atoms with Crippen molar-refractivity contribution >= 4 is 11.9 Å². The van der Waals surface area contributed by atoms with Crippen LogP contribution in [0.2, 0.25) is 0 Å². The Bertz CT molecular complexity index is 448. The van der Waals surface area contributed by atoms with Gasteiger partial charge in [0.15, 0.2) is 0 Å². The van der Waals surface area contributed by atoms with Crippen LogP contribution >= 0.6 is 0 Å². The Morgan fingerprint density at radius 2 is 1.84 bits per heavy atom. The molecule has 0 aliphatic carbocycles. The molecule has 0 radical (unpaired) electrons. The fourth-order valence-corrected chi connectivity index (χ4v) is 2.01. The van der Waals surface area contributed by atoms with Crippen LogP contribution in [0.25, 0.3) is 0 Å². The van der Waals surface area contributed by atoms with Gasteiger partial charge in [0.2, 0.25) is 5.91 Å². The van der Waals surface area contributed by atoms with Crippen LogP contribution in [-0.4, -0.2) is 23.5 Å². The molecule has 104 valence electrons. The molecular formula is C15H21NO3. The van der Waals surface area contributed by atoms with Gasteiger partial charge in [-0.15, -0.1) is 0 Å². The molecule has 4 heteroatoms. The summed E-state index contributed by atoms with van der Waals surface area (Å²) in [5.74, 6) is -0.953. The lowest BCUT2D eigenvalue weighted by molar-refractivity contribution is -0.138. The standard InChI is InChI=1S/C15H21NO3/c1-10(7-15(18)19)9-16-14(17)8-13-11(2)5-4-6-12(13)3/h4-6,10H,7-9H2,1-3H3,(H,16,17)(H,18,19). The van der Waals surface area contributed by atoms with E-state index in [4.69, 9.17) is 5.11 Å². The first kappa shape index (κ1) is 15.2. The number of aliphatic carboxylic acids is 1. The highest BCUT2D eigenvalue weighted by atomic mass is 16.4. The SMILES string of the molecule is Cc1cccc(C)c1CC(=O)NCC(C)CC(=O)O. The third kappa shape index (κ3) is 5.12. The number of carbonyl (C=O) groups is 2. The Kier molecular flexibility index (Phi) is 5.55. The molecule has 4 nitrogen and oxygen atoms in total. The van der Waals surface area contributed by atoms with Crippen LogP contribution in [0, 0.1) is 19.8 Å². The first-order valence-corrected chi connectivity index (χ1v) is 6.43. The highest BCUT2D eigenvalue weighted by molar-refractivity contribution is 5.79. The summed E-state index contributed by atoms with van der Waals surface area (Å²) in [6.07, 6.45) is 0.419. The van der Waals surface area contributed by atoms with Crippen molar-refractivity contribution in [1.29, 1.82) is 0 Å². The predicted octanol–water partition coefficient (Wildman–Crippen LogP) is 2.07. The summed E-state index contributed by atoms with van der Waals surface area (Å²) < 4.78 is 0. The lowest BCUT2D eigenvalue weighted by Gasteiger charge is -2.12.